The second kappa shape index (κ2) is 8.03. The third-order valence-corrected chi connectivity index (χ3v) is 7.45. The van der Waals surface area contributed by atoms with Gasteiger partial charge in [-0.3, -0.25) is 10.1 Å². The van der Waals surface area contributed by atoms with Crippen molar-refractivity contribution in [3.05, 3.63) is 53.8 Å². The first-order chi connectivity index (χ1) is 14.2. The molecule has 1 saturated heterocycles. The number of fused-ring (bicyclic) bond motifs is 1. The SMILES string of the molecule is C[C@H]1CN(S(=O)(=O)c2cccc(C(=O)Nc3nc4ccc(F)cc4s3)c2)C[C@H](C)O1. The topological polar surface area (TPSA) is 88.6 Å². The van der Waals surface area contributed by atoms with E-state index in [0.717, 1.165) is 11.3 Å². The maximum Gasteiger partial charge on any atom is 0.257 e. The molecule has 0 unspecified atom stereocenters. The predicted octanol–water partition coefficient (Wildman–Crippen LogP) is 3.49. The minimum absolute atomic E-state index is 0.0443. The summed E-state index contributed by atoms with van der Waals surface area (Å²) in [5, 5.41) is 2.97. The van der Waals surface area contributed by atoms with Crippen molar-refractivity contribution in [1.29, 1.82) is 0 Å². The molecule has 2 atom stereocenters. The van der Waals surface area contributed by atoms with Crippen LogP contribution in [-0.2, 0) is 14.8 Å². The van der Waals surface area contributed by atoms with Gasteiger partial charge in [0.05, 0.1) is 27.3 Å². The third kappa shape index (κ3) is 4.22. The normalized spacial score (nSPS) is 20.4. The number of benzene rings is 2. The summed E-state index contributed by atoms with van der Waals surface area (Å²) < 4.78 is 47.1. The molecule has 1 N–H and O–H groups in total. The zero-order valence-corrected chi connectivity index (χ0v) is 18.0. The Morgan fingerprint density at radius 1 is 1.20 bits per heavy atom. The monoisotopic (exact) mass is 449 g/mol. The lowest BCUT2D eigenvalue weighted by Gasteiger charge is -2.34. The zero-order valence-electron chi connectivity index (χ0n) is 16.3. The van der Waals surface area contributed by atoms with Crippen LogP contribution in [0.25, 0.3) is 10.2 Å². The number of thiazole rings is 1. The molecule has 30 heavy (non-hydrogen) atoms. The van der Waals surface area contributed by atoms with Crippen LogP contribution in [0.3, 0.4) is 0 Å². The molecule has 0 radical (unpaired) electrons. The average Bonchev–Trinajstić information content (AvgIpc) is 3.08. The number of nitrogens with one attached hydrogen (secondary N) is 1. The predicted molar refractivity (Wildman–Crippen MR) is 113 cm³/mol. The van der Waals surface area contributed by atoms with Crippen LogP contribution in [0.2, 0.25) is 0 Å². The maximum atomic E-state index is 13.4. The summed E-state index contributed by atoms with van der Waals surface area (Å²) >= 11 is 1.14. The molecule has 1 aromatic heterocycles. The highest BCUT2D eigenvalue weighted by atomic mass is 32.2. The molecule has 2 heterocycles. The van der Waals surface area contributed by atoms with Gasteiger partial charge in [0.2, 0.25) is 10.0 Å². The summed E-state index contributed by atoms with van der Waals surface area (Å²) in [7, 11) is -3.76. The van der Waals surface area contributed by atoms with E-state index in [9.17, 15) is 17.6 Å². The number of hydrogen-bond donors (Lipinski definition) is 1. The fraction of sp³-hybridized carbons (Fsp3) is 0.300. The van der Waals surface area contributed by atoms with Gasteiger partial charge in [-0.15, -0.1) is 0 Å². The lowest BCUT2D eigenvalue weighted by atomic mass is 10.2. The van der Waals surface area contributed by atoms with E-state index in [4.69, 9.17) is 4.74 Å². The second-order valence-corrected chi connectivity index (χ2v) is 10.2. The van der Waals surface area contributed by atoms with E-state index in [0.29, 0.717) is 15.3 Å². The summed E-state index contributed by atoms with van der Waals surface area (Å²) in [4.78, 5) is 17.0. The molecule has 7 nitrogen and oxygen atoms in total. The lowest BCUT2D eigenvalue weighted by Crippen LogP contribution is -2.48. The van der Waals surface area contributed by atoms with Crippen LogP contribution in [0, 0.1) is 5.82 Å². The van der Waals surface area contributed by atoms with Crippen molar-refractivity contribution in [3.8, 4) is 0 Å². The number of morpholine rings is 1. The van der Waals surface area contributed by atoms with Gasteiger partial charge in [-0.05, 0) is 50.2 Å². The number of amides is 1. The number of halogens is 1. The van der Waals surface area contributed by atoms with E-state index >= 15 is 0 Å². The molecule has 10 heteroatoms. The molecule has 0 saturated carbocycles. The Bertz CT molecular complexity index is 1200. The molecule has 3 aromatic rings. The van der Waals surface area contributed by atoms with Gasteiger partial charge < -0.3 is 4.74 Å². The van der Waals surface area contributed by atoms with E-state index in [-0.39, 0.29) is 41.6 Å². The number of anilines is 1. The van der Waals surface area contributed by atoms with Crippen molar-refractivity contribution >= 4 is 42.6 Å². The second-order valence-electron chi connectivity index (χ2n) is 7.19. The molecular weight excluding hydrogens is 429 g/mol. The van der Waals surface area contributed by atoms with Crippen molar-refractivity contribution in [2.75, 3.05) is 18.4 Å². The Hall–Kier alpha value is -2.40. The Labute approximate surface area is 177 Å². The summed E-state index contributed by atoms with van der Waals surface area (Å²) in [5.74, 6) is -0.871. The standard InChI is InChI=1S/C20H20FN3O4S2/c1-12-10-24(11-13(2)28-12)30(26,27)16-5-3-4-14(8-16)19(25)23-20-22-17-7-6-15(21)9-18(17)29-20/h3-9,12-13H,10-11H2,1-2H3,(H,22,23,25)/t12-,13-/m0/s1. The largest absolute Gasteiger partial charge is 0.373 e. The van der Waals surface area contributed by atoms with E-state index < -0.39 is 15.9 Å². The number of sulfonamides is 1. The van der Waals surface area contributed by atoms with Gasteiger partial charge in [0.15, 0.2) is 5.13 Å². The molecule has 1 aliphatic heterocycles. The van der Waals surface area contributed by atoms with Gasteiger partial charge >= 0.3 is 0 Å². The molecule has 4 rings (SSSR count). The van der Waals surface area contributed by atoms with Crippen molar-refractivity contribution in [1.82, 2.24) is 9.29 Å². The molecule has 0 bridgehead atoms. The molecule has 1 amide bonds. The van der Waals surface area contributed by atoms with Gasteiger partial charge in [-0.1, -0.05) is 17.4 Å². The maximum absolute atomic E-state index is 13.4. The lowest BCUT2D eigenvalue weighted by molar-refractivity contribution is -0.0440. The highest BCUT2D eigenvalue weighted by Crippen LogP contribution is 2.27. The van der Waals surface area contributed by atoms with Gasteiger partial charge in [0.25, 0.3) is 5.91 Å². The number of aromatic nitrogens is 1. The first-order valence-electron chi connectivity index (χ1n) is 9.35. The number of hydrogen-bond acceptors (Lipinski definition) is 6. The first kappa shape index (κ1) is 20.9. The Morgan fingerprint density at radius 3 is 2.67 bits per heavy atom. The van der Waals surface area contributed by atoms with Crippen molar-refractivity contribution in [2.24, 2.45) is 0 Å². The minimum Gasteiger partial charge on any atom is -0.373 e. The number of rotatable bonds is 4. The highest BCUT2D eigenvalue weighted by molar-refractivity contribution is 7.89. The summed E-state index contributed by atoms with van der Waals surface area (Å²) in [6, 6.07) is 10.1. The van der Waals surface area contributed by atoms with Gasteiger partial charge in [0, 0.05) is 18.7 Å². The van der Waals surface area contributed by atoms with Gasteiger partial charge in [0.1, 0.15) is 5.82 Å². The van der Waals surface area contributed by atoms with Crippen LogP contribution in [0.1, 0.15) is 24.2 Å². The fourth-order valence-electron chi connectivity index (χ4n) is 3.40. The molecule has 2 aromatic carbocycles. The summed E-state index contributed by atoms with van der Waals surface area (Å²) in [5.41, 5.74) is 0.763. The molecular formula is C20H20FN3O4S2. The van der Waals surface area contributed by atoms with Crippen LogP contribution in [-0.4, -0.2) is 48.9 Å². The number of carbonyl (C=O) groups excluding carboxylic acids is 1. The Kier molecular flexibility index (Phi) is 5.58. The van der Waals surface area contributed by atoms with Crippen molar-refractivity contribution in [3.63, 3.8) is 0 Å². The van der Waals surface area contributed by atoms with Gasteiger partial charge in [-0.2, -0.15) is 4.31 Å². The van der Waals surface area contributed by atoms with Crippen LogP contribution in [0.15, 0.2) is 47.4 Å². The van der Waals surface area contributed by atoms with Crippen LogP contribution in [0.5, 0.6) is 0 Å². The van der Waals surface area contributed by atoms with Crippen LogP contribution in [0.4, 0.5) is 9.52 Å². The molecule has 158 valence electrons. The Balaban J connectivity index is 1.56. The number of ether oxygens (including phenoxy) is 1. The quantitative estimate of drug-likeness (QED) is 0.659. The van der Waals surface area contributed by atoms with Crippen molar-refractivity contribution in [2.45, 2.75) is 31.0 Å². The van der Waals surface area contributed by atoms with Crippen molar-refractivity contribution < 1.29 is 22.3 Å². The Morgan fingerprint density at radius 2 is 1.93 bits per heavy atom. The third-order valence-electron chi connectivity index (χ3n) is 4.69. The zero-order chi connectivity index (χ0) is 21.5. The van der Waals surface area contributed by atoms with E-state index in [1.165, 1.54) is 46.8 Å². The van der Waals surface area contributed by atoms with Gasteiger partial charge in [-0.25, -0.2) is 17.8 Å². The molecule has 0 aliphatic carbocycles. The van der Waals surface area contributed by atoms with Crippen LogP contribution >= 0.6 is 11.3 Å². The molecule has 0 spiro atoms. The molecule has 1 aliphatic rings. The van der Waals surface area contributed by atoms with E-state index in [1.54, 1.807) is 0 Å². The summed E-state index contributed by atoms with van der Waals surface area (Å²) in [6.07, 6.45) is -0.419. The fourth-order valence-corrected chi connectivity index (χ4v) is 5.92. The van der Waals surface area contributed by atoms with E-state index in [1.807, 2.05) is 13.8 Å². The van der Waals surface area contributed by atoms with Crippen LogP contribution < -0.4 is 5.32 Å². The average molecular weight is 450 g/mol. The number of carbonyl (C=O) groups is 1. The summed E-state index contributed by atoms with van der Waals surface area (Å²) in [6.45, 7) is 4.16. The first-order valence-corrected chi connectivity index (χ1v) is 11.6. The molecule has 1 fully saturated rings. The highest BCUT2D eigenvalue weighted by Gasteiger charge is 2.32. The number of nitrogens with zero attached hydrogens (tertiary/aromatic N) is 2. The van der Waals surface area contributed by atoms with E-state index in [2.05, 4.69) is 10.3 Å². The smallest absolute Gasteiger partial charge is 0.257 e. The minimum atomic E-state index is -3.76.